The molecule has 0 saturated heterocycles. The second-order valence-corrected chi connectivity index (χ2v) is 4.02. The molecule has 1 aromatic rings. The molecule has 0 aliphatic carbocycles. The van der Waals surface area contributed by atoms with E-state index in [1.165, 1.54) is 0 Å². The SMILES string of the molecule is C=C(C)CN(CC)C(=O)c1cccc(N)c1O. The molecule has 0 bridgehead atoms. The van der Waals surface area contributed by atoms with E-state index in [1.807, 2.05) is 13.8 Å². The number of benzene rings is 1. The van der Waals surface area contributed by atoms with Gasteiger partial charge in [-0.3, -0.25) is 4.79 Å². The van der Waals surface area contributed by atoms with Gasteiger partial charge in [0.1, 0.15) is 0 Å². The van der Waals surface area contributed by atoms with Gasteiger partial charge in [0, 0.05) is 13.1 Å². The molecule has 0 fully saturated rings. The number of hydrogen-bond acceptors (Lipinski definition) is 3. The zero-order valence-electron chi connectivity index (χ0n) is 10.2. The number of carbonyl (C=O) groups is 1. The summed E-state index contributed by atoms with van der Waals surface area (Å²) in [6, 6.07) is 4.77. The van der Waals surface area contributed by atoms with Gasteiger partial charge in [0.25, 0.3) is 5.91 Å². The van der Waals surface area contributed by atoms with Crippen LogP contribution >= 0.6 is 0 Å². The fourth-order valence-corrected chi connectivity index (χ4v) is 1.56. The second-order valence-electron chi connectivity index (χ2n) is 4.02. The molecule has 1 rings (SSSR count). The number of amides is 1. The van der Waals surface area contributed by atoms with Crippen molar-refractivity contribution in [3.8, 4) is 5.75 Å². The largest absolute Gasteiger partial charge is 0.505 e. The fourth-order valence-electron chi connectivity index (χ4n) is 1.56. The quantitative estimate of drug-likeness (QED) is 0.476. The predicted molar refractivity (Wildman–Crippen MR) is 68.9 cm³/mol. The van der Waals surface area contributed by atoms with Gasteiger partial charge in [0.05, 0.1) is 11.3 Å². The Labute approximate surface area is 101 Å². The van der Waals surface area contributed by atoms with Crippen LogP contribution in [0.25, 0.3) is 0 Å². The highest BCUT2D eigenvalue weighted by atomic mass is 16.3. The molecule has 0 heterocycles. The Bertz CT molecular complexity index is 441. The summed E-state index contributed by atoms with van der Waals surface area (Å²) in [7, 11) is 0. The minimum atomic E-state index is -0.236. The lowest BCUT2D eigenvalue weighted by atomic mass is 10.1. The molecule has 92 valence electrons. The summed E-state index contributed by atoms with van der Waals surface area (Å²) in [5.41, 5.74) is 6.90. The molecule has 1 amide bonds. The number of phenolic OH excluding ortho intramolecular Hbond substituents is 1. The van der Waals surface area contributed by atoms with Crippen LogP contribution in [-0.2, 0) is 0 Å². The van der Waals surface area contributed by atoms with Crippen LogP contribution in [0.3, 0.4) is 0 Å². The van der Waals surface area contributed by atoms with Crippen molar-refractivity contribution in [1.29, 1.82) is 0 Å². The third-order valence-corrected chi connectivity index (χ3v) is 2.43. The molecule has 3 N–H and O–H groups in total. The van der Waals surface area contributed by atoms with Crippen molar-refractivity contribution in [2.45, 2.75) is 13.8 Å². The maximum Gasteiger partial charge on any atom is 0.257 e. The van der Waals surface area contributed by atoms with Crippen molar-refractivity contribution in [2.75, 3.05) is 18.8 Å². The van der Waals surface area contributed by atoms with E-state index in [0.29, 0.717) is 13.1 Å². The number of nitrogens with zero attached hydrogens (tertiary/aromatic N) is 1. The van der Waals surface area contributed by atoms with Crippen LogP contribution < -0.4 is 5.73 Å². The third kappa shape index (κ3) is 3.00. The Balaban J connectivity index is 3.02. The standard InChI is InChI=1S/C13H18N2O2/c1-4-15(8-9(2)3)13(17)10-6-5-7-11(14)12(10)16/h5-7,16H,2,4,8,14H2,1,3H3. The number of nitrogen functional groups attached to an aromatic ring is 1. The number of phenols is 1. The predicted octanol–water partition coefficient (Wildman–Crippen LogP) is 2.01. The van der Waals surface area contributed by atoms with E-state index in [1.54, 1.807) is 23.1 Å². The average molecular weight is 234 g/mol. The second kappa shape index (κ2) is 5.39. The molecule has 0 aromatic heterocycles. The molecular formula is C13H18N2O2. The van der Waals surface area contributed by atoms with Gasteiger partial charge >= 0.3 is 0 Å². The highest BCUT2D eigenvalue weighted by Crippen LogP contribution is 2.25. The van der Waals surface area contributed by atoms with E-state index in [9.17, 15) is 9.90 Å². The van der Waals surface area contributed by atoms with Crippen molar-refractivity contribution < 1.29 is 9.90 Å². The minimum Gasteiger partial charge on any atom is -0.505 e. The number of rotatable bonds is 4. The number of hydrogen-bond donors (Lipinski definition) is 2. The number of para-hydroxylation sites is 1. The molecule has 0 spiro atoms. The van der Waals surface area contributed by atoms with Gasteiger partial charge in [0.15, 0.2) is 5.75 Å². The first-order chi connectivity index (χ1) is 7.97. The van der Waals surface area contributed by atoms with Crippen molar-refractivity contribution in [1.82, 2.24) is 4.90 Å². The Morgan fingerprint density at radius 2 is 2.18 bits per heavy atom. The van der Waals surface area contributed by atoms with Gasteiger partial charge in [-0.1, -0.05) is 18.2 Å². The zero-order valence-corrected chi connectivity index (χ0v) is 10.2. The van der Waals surface area contributed by atoms with E-state index in [4.69, 9.17) is 5.73 Å². The summed E-state index contributed by atoms with van der Waals surface area (Å²) in [5.74, 6) is -0.391. The first-order valence-corrected chi connectivity index (χ1v) is 5.48. The normalized spacial score (nSPS) is 10.0. The molecular weight excluding hydrogens is 216 g/mol. The molecule has 0 aliphatic heterocycles. The number of aromatic hydroxyl groups is 1. The molecule has 17 heavy (non-hydrogen) atoms. The van der Waals surface area contributed by atoms with E-state index in [-0.39, 0.29) is 22.9 Å². The van der Waals surface area contributed by atoms with E-state index >= 15 is 0 Å². The first-order valence-electron chi connectivity index (χ1n) is 5.48. The smallest absolute Gasteiger partial charge is 0.257 e. The molecule has 0 aliphatic rings. The highest BCUT2D eigenvalue weighted by molar-refractivity contribution is 5.98. The molecule has 0 unspecified atom stereocenters. The van der Waals surface area contributed by atoms with Crippen LogP contribution in [0.2, 0.25) is 0 Å². The van der Waals surface area contributed by atoms with Gasteiger partial charge in [0.2, 0.25) is 0 Å². The van der Waals surface area contributed by atoms with Crippen LogP contribution in [0, 0.1) is 0 Å². The maximum atomic E-state index is 12.2. The lowest BCUT2D eigenvalue weighted by molar-refractivity contribution is 0.0775. The van der Waals surface area contributed by atoms with Crippen LogP contribution in [-0.4, -0.2) is 29.0 Å². The van der Waals surface area contributed by atoms with E-state index in [0.717, 1.165) is 5.57 Å². The summed E-state index contributed by atoms with van der Waals surface area (Å²) in [6.07, 6.45) is 0. The van der Waals surface area contributed by atoms with Gasteiger partial charge in [-0.25, -0.2) is 0 Å². The van der Waals surface area contributed by atoms with Gasteiger partial charge < -0.3 is 15.7 Å². The van der Waals surface area contributed by atoms with E-state index < -0.39 is 0 Å². The summed E-state index contributed by atoms with van der Waals surface area (Å²) < 4.78 is 0. The van der Waals surface area contributed by atoms with Crippen molar-refractivity contribution in [2.24, 2.45) is 0 Å². The van der Waals surface area contributed by atoms with Gasteiger partial charge in [-0.05, 0) is 26.0 Å². The topological polar surface area (TPSA) is 66.6 Å². The summed E-state index contributed by atoms with van der Waals surface area (Å²) in [6.45, 7) is 8.54. The Morgan fingerprint density at radius 3 is 2.71 bits per heavy atom. The van der Waals surface area contributed by atoms with Crippen LogP contribution in [0.1, 0.15) is 24.2 Å². The summed E-state index contributed by atoms with van der Waals surface area (Å²) in [4.78, 5) is 13.8. The zero-order chi connectivity index (χ0) is 13.0. The van der Waals surface area contributed by atoms with E-state index in [2.05, 4.69) is 6.58 Å². The minimum absolute atomic E-state index is 0.155. The Morgan fingerprint density at radius 1 is 1.53 bits per heavy atom. The summed E-state index contributed by atoms with van der Waals surface area (Å²) >= 11 is 0. The maximum absolute atomic E-state index is 12.2. The van der Waals surface area contributed by atoms with Crippen molar-refractivity contribution in [3.63, 3.8) is 0 Å². The molecule has 0 radical (unpaired) electrons. The van der Waals surface area contributed by atoms with Crippen molar-refractivity contribution in [3.05, 3.63) is 35.9 Å². The average Bonchev–Trinajstić information content (AvgIpc) is 2.28. The number of carbonyl (C=O) groups excluding carboxylic acids is 1. The summed E-state index contributed by atoms with van der Waals surface area (Å²) in [5, 5.41) is 9.75. The third-order valence-electron chi connectivity index (χ3n) is 2.43. The molecule has 0 atom stereocenters. The van der Waals surface area contributed by atoms with Crippen LogP contribution in [0.15, 0.2) is 30.4 Å². The number of nitrogens with two attached hydrogens (primary N) is 1. The molecule has 0 saturated carbocycles. The van der Waals surface area contributed by atoms with Gasteiger partial charge in [-0.15, -0.1) is 0 Å². The first kappa shape index (κ1) is 13.1. The number of likely N-dealkylation sites (N-methyl/N-ethyl adjacent to an activating group) is 1. The van der Waals surface area contributed by atoms with Gasteiger partial charge in [-0.2, -0.15) is 0 Å². The molecule has 4 nitrogen and oxygen atoms in total. The Hall–Kier alpha value is -1.97. The van der Waals surface area contributed by atoms with Crippen LogP contribution in [0.4, 0.5) is 5.69 Å². The lowest BCUT2D eigenvalue weighted by Gasteiger charge is -2.21. The monoisotopic (exact) mass is 234 g/mol. The molecule has 1 aromatic carbocycles. The highest BCUT2D eigenvalue weighted by Gasteiger charge is 2.18. The Kier molecular flexibility index (Phi) is 4.15. The van der Waals surface area contributed by atoms with Crippen LogP contribution in [0.5, 0.6) is 5.75 Å². The fraction of sp³-hybridized carbons (Fsp3) is 0.308. The van der Waals surface area contributed by atoms with Crippen molar-refractivity contribution >= 4 is 11.6 Å². The molecule has 4 heteroatoms. The lowest BCUT2D eigenvalue weighted by Crippen LogP contribution is -2.32. The number of anilines is 1.